The summed E-state index contributed by atoms with van der Waals surface area (Å²) in [5.41, 5.74) is 0.370. The van der Waals surface area contributed by atoms with Gasteiger partial charge in [0.05, 0.1) is 11.1 Å². The lowest BCUT2D eigenvalue weighted by Gasteiger charge is -2.02. The van der Waals surface area contributed by atoms with Gasteiger partial charge in [0, 0.05) is 23.9 Å². The highest BCUT2D eigenvalue weighted by Gasteiger charge is 2.11. The van der Waals surface area contributed by atoms with Crippen molar-refractivity contribution >= 4 is 35.5 Å². The van der Waals surface area contributed by atoms with E-state index in [2.05, 4.69) is 9.97 Å². The molecule has 124 valence electrons. The van der Waals surface area contributed by atoms with Gasteiger partial charge in [0.2, 0.25) is 0 Å². The molecule has 0 aromatic carbocycles. The average molecular weight is 362 g/mol. The molecule has 6 nitrogen and oxygen atoms in total. The van der Waals surface area contributed by atoms with Gasteiger partial charge in [-0.3, -0.25) is 0 Å². The molecular weight excluding hydrogens is 348 g/mol. The number of aromatic carboxylic acids is 2. The predicted molar refractivity (Wildman–Crippen MR) is 93.0 cm³/mol. The maximum absolute atomic E-state index is 11.1. The van der Waals surface area contributed by atoms with E-state index in [1.165, 1.54) is 35.7 Å². The van der Waals surface area contributed by atoms with Gasteiger partial charge in [0.25, 0.3) is 0 Å². The van der Waals surface area contributed by atoms with Crippen LogP contribution in [0, 0.1) is 0 Å². The summed E-state index contributed by atoms with van der Waals surface area (Å²) in [6, 6.07) is 6.22. The molecule has 24 heavy (non-hydrogen) atoms. The topological polar surface area (TPSA) is 100 Å². The van der Waals surface area contributed by atoms with Crippen LogP contribution in [-0.4, -0.2) is 43.6 Å². The van der Waals surface area contributed by atoms with Gasteiger partial charge in [-0.25, -0.2) is 19.6 Å². The van der Waals surface area contributed by atoms with Crippen LogP contribution in [0.4, 0.5) is 0 Å². The molecule has 0 fully saturated rings. The number of aromatic nitrogens is 2. The quantitative estimate of drug-likeness (QED) is 0.545. The smallest absolute Gasteiger partial charge is 0.338 e. The molecule has 0 saturated carbocycles. The highest BCUT2D eigenvalue weighted by molar-refractivity contribution is 7.99. The first kappa shape index (κ1) is 18.0. The van der Waals surface area contributed by atoms with Crippen LogP contribution in [0.25, 0.3) is 0 Å². The van der Waals surface area contributed by atoms with Gasteiger partial charge in [0.1, 0.15) is 10.1 Å². The van der Waals surface area contributed by atoms with Crippen molar-refractivity contribution in [2.75, 3.05) is 11.5 Å². The van der Waals surface area contributed by atoms with Crippen molar-refractivity contribution in [1.82, 2.24) is 9.97 Å². The number of nitrogens with zero attached hydrogens (tertiary/aromatic N) is 2. The van der Waals surface area contributed by atoms with Crippen LogP contribution < -0.4 is 0 Å². The van der Waals surface area contributed by atoms with Gasteiger partial charge in [-0.2, -0.15) is 0 Å². The van der Waals surface area contributed by atoms with E-state index in [9.17, 15) is 9.59 Å². The first-order valence-corrected chi connectivity index (χ1v) is 8.84. The fourth-order valence-electron chi connectivity index (χ4n) is 1.73. The van der Waals surface area contributed by atoms with E-state index in [4.69, 9.17) is 10.2 Å². The van der Waals surface area contributed by atoms with E-state index < -0.39 is 11.9 Å². The number of rotatable bonds is 8. The molecule has 0 aliphatic heterocycles. The van der Waals surface area contributed by atoms with Crippen LogP contribution in [-0.2, 0) is 0 Å². The van der Waals surface area contributed by atoms with Crippen molar-refractivity contribution in [3.63, 3.8) is 0 Å². The molecule has 8 heteroatoms. The van der Waals surface area contributed by atoms with Gasteiger partial charge in [-0.05, 0) is 24.3 Å². The second-order valence-corrected chi connectivity index (χ2v) is 6.43. The molecule has 0 spiro atoms. The zero-order chi connectivity index (χ0) is 17.4. The third-order valence-electron chi connectivity index (χ3n) is 2.80. The van der Waals surface area contributed by atoms with Crippen molar-refractivity contribution in [3.05, 3.63) is 59.9 Å². The summed E-state index contributed by atoms with van der Waals surface area (Å²) in [4.78, 5) is 30.3. The highest BCUT2D eigenvalue weighted by atomic mass is 32.2. The summed E-state index contributed by atoms with van der Waals surface area (Å²) in [6.45, 7) is 0. The van der Waals surface area contributed by atoms with Crippen LogP contribution in [0.15, 0.2) is 58.9 Å². The number of thioether (sulfide) groups is 2. The Morgan fingerprint density at radius 2 is 1.29 bits per heavy atom. The number of carboxylic acids is 2. The molecule has 0 aliphatic rings. The fourth-order valence-corrected chi connectivity index (χ4v) is 3.40. The summed E-state index contributed by atoms with van der Waals surface area (Å²) >= 11 is 2.66. The van der Waals surface area contributed by atoms with Gasteiger partial charge >= 0.3 is 11.9 Å². The van der Waals surface area contributed by atoms with Crippen molar-refractivity contribution in [2.24, 2.45) is 0 Å². The number of hydrogen-bond donors (Lipinski definition) is 2. The van der Waals surface area contributed by atoms with Crippen molar-refractivity contribution in [2.45, 2.75) is 10.1 Å². The molecule has 0 aliphatic carbocycles. The minimum Gasteiger partial charge on any atom is -0.478 e. The fraction of sp³-hybridized carbons (Fsp3) is 0.125. The summed E-state index contributed by atoms with van der Waals surface area (Å²) in [6.07, 6.45) is 6.90. The summed E-state index contributed by atoms with van der Waals surface area (Å²) < 4.78 is 0. The van der Waals surface area contributed by atoms with Crippen LogP contribution in [0.3, 0.4) is 0 Å². The number of carbonyl (C=O) groups is 2. The van der Waals surface area contributed by atoms with E-state index in [0.717, 1.165) is 0 Å². The average Bonchev–Trinajstić information content (AvgIpc) is 2.58. The normalized spacial score (nSPS) is 10.8. The maximum atomic E-state index is 11.1. The molecular formula is C16H14N2O4S2. The lowest BCUT2D eigenvalue weighted by molar-refractivity contribution is 0.0681. The van der Waals surface area contributed by atoms with E-state index >= 15 is 0 Å². The Morgan fingerprint density at radius 3 is 1.67 bits per heavy atom. The Bertz CT molecular complexity index is 702. The Morgan fingerprint density at radius 1 is 0.875 bits per heavy atom. The Balaban J connectivity index is 1.84. The van der Waals surface area contributed by atoms with E-state index in [1.807, 2.05) is 12.2 Å². The van der Waals surface area contributed by atoms with Crippen LogP contribution in [0.1, 0.15) is 20.7 Å². The third kappa shape index (κ3) is 5.10. The molecule has 2 aromatic heterocycles. The van der Waals surface area contributed by atoms with E-state index in [0.29, 0.717) is 21.6 Å². The zero-order valence-corrected chi connectivity index (χ0v) is 14.1. The predicted octanol–water partition coefficient (Wildman–Crippen LogP) is 3.31. The van der Waals surface area contributed by atoms with Gasteiger partial charge in [0.15, 0.2) is 0 Å². The largest absolute Gasteiger partial charge is 0.478 e. The minimum absolute atomic E-state index is 0.185. The molecule has 2 N–H and O–H groups in total. The Kier molecular flexibility index (Phi) is 6.83. The van der Waals surface area contributed by atoms with Crippen molar-refractivity contribution < 1.29 is 19.8 Å². The number of hydrogen-bond acceptors (Lipinski definition) is 6. The van der Waals surface area contributed by atoms with Gasteiger partial charge in [-0.15, -0.1) is 23.5 Å². The monoisotopic (exact) mass is 362 g/mol. The van der Waals surface area contributed by atoms with E-state index in [1.54, 1.807) is 24.5 Å². The Labute approximate surface area is 147 Å². The minimum atomic E-state index is -0.999. The van der Waals surface area contributed by atoms with Crippen LogP contribution in [0.2, 0.25) is 0 Å². The van der Waals surface area contributed by atoms with Crippen LogP contribution >= 0.6 is 23.5 Å². The SMILES string of the molecule is O=C(O)c1cccnc1SCC=CCSc1ncccc1C(=O)O. The zero-order valence-electron chi connectivity index (χ0n) is 12.5. The number of carboxylic acid groups (broad SMARTS) is 2. The van der Waals surface area contributed by atoms with E-state index in [-0.39, 0.29) is 11.1 Å². The molecule has 2 aromatic rings. The first-order chi connectivity index (χ1) is 11.6. The molecule has 0 saturated heterocycles. The van der Waals surface area contributed by atoms with Crippen molar-refractivity contribution in [3.8, 4) is 0 Å². The first-order valence-electron chi connectivity index (χ1n) is 6.87. The lowest BCUT2D eigenvalue weighted by atomic mass is 10.3. The third-order valence-corrected chi connectivity index (χ3v) is 4.72. The summed E-state index contributed by atoms with van der Waals surface area (Å²) in [7, 11) is 0. The molecule has 0 amide bonds. The van der Waals surface area contributed by atoms with Gasteiger partial charge in [-0.1, -0.05) is 12.2 Å². The highest BCUT2D eigenvalue weighted by Crippen LogP contribution is 2.22. The molecule has 0 unspecified atom stereocenters. The maximum Gasteiger partial charge on any atom is 0.338 e. The number of pyridine rings is 2. The molecule has 2 rings (SSSR count). The second kappa shape index (κ2) is 9.09. The lowest BCUT2D eigenvalue weighted by Crippen LogP contribution is -2.00. The molecule has 0 radical (unpaired) electrons. The van der Waals surface area contributed by atoms with Crippen LogP contribution in [0.5, 0.6) is 0 Å². The molecule has 0 atom stereocenters. The summed E-state index contributed by atoms with van der Waals surface area (Å²) in [5, 5.41) is 19.1. The second-order valence-electron chi connectivity index (χ2n) is 4.42. The molecule has 2 heterocycles. The Hall–Kier alpha value is -2.32. The summed E-state index contributed by atoms with van der Waals surface area (Å²) in [5.74, 6) is -0.847. The molecule has 0 bridgehead atoms. The van der Waals surface area contributed by atoms with Crippen molar-refractivity contribution in [1.29, 1.82) is 0 Å². The standard InChI is InChI=1S/C16H14N2O4S2/c19-15(20)11-5-3-7-17-13(11)23-9-1-2-10-24-14-12(16(21)22)6-4-8-18-14/h1-8H,9-10H2,(H,19,20)(H,21,22). The van der Waals surface area contributed by atoms with Gasteiger partial charge < -0.3 is 10.2 Å².